The van der Waals surface area contributed by atoms with Crippen molar-refractivity contribution in [1.82, 2.24) is 0 Å². The van der Waals surface area contributed by atoms with Crippen LogP contribution in [0.1, 0.15) is 6.92 Å². The SMILES string of the molecule is C=C/C=C\C=C(\N)C(C)S. The van der Waals surface area contributed by atoms with Gasteiger partial charge < -0.3 is 5.73 Å². The first-order valence-corrected chi connectivity index (χ1v) is 3.63. The summed E-state index contributed by atoms with van der Waals surface area (Å²) in [6, 6.07) is 0. The highest BCUT2D eigenvalue weighted by Gasteiger charge is 1.93. The van der Waals surface area contributed by atoms with Crippen molar-refractivity contribution in [3.8, 4) is 0 Å². The number of hydrogen-bond donors (Lipinski definition) is 2. The standard InChI is InChI=1S/C8H13NS/c1-3-4-5-6-8(9)7(2)10/h3-7,10H,1,9H2,2H3/b5-4-,8-6+. The van der Waals surface area contributed by atoms with Crippen molar-refractivity contribution in [3.05, 3.63) is 36.6 Å². The normalized spacial score (nSPS) is 15.6. The molecular formula is C8H13NS. The Balaban J connectivity index is 3.91. The van der Waals surface area contributed by atoms with Crippen molar-refractivity contribution in [2.75, 3.05) is 0 Å². The summed E-state index contributed by atoms with van der Waals surface area (Å²) in [5, 5.41) is 0.120. The van der Waals surface area contributed by atoms with Crippen molar-refractivity contribution in [2.45, 2.75) is 12.2 Å². The van der Waals surface area contributed by atoms with E-state index in [1.807, 2.05) is 25.2 Å². The molecule has 2 N–H and O–H groups in total. The zero-order chi connectivity index (χ0) is 7.98. The second-order valence-electron chi connectivity index (χ2n) is 1.96. The minimum atomic E-state index is 0.120. The molecule has 0 rings (SSSR count). The van der Waals surface area contributed by atoms with Gasteiger partial charge in [0.1, 0.15) is 0 Å². The van der Waals surface area contributed by atoms with Crippen LogP contribution >= 0.6 is 12.6 Å². The number of hydrogen-bond acceptors (Lipinski definition) is 2. The lowest BCUT2D eigenvalue weighted by Gasteiger charge is -2.00. The maximum atomic E-state index is 5.56. The van der Waals surface area contributed by atoms with Crippen LogP contribution in [-0.2, 0) is 0 Å². The fourth-order valence-electron chi connectivity index (χ4n) is 0.384. The molecule has 1 unspecified atom stereocenters. The molecular weight excluding hydrogens is 142 g/mol. The molecule has 0 fully saturated rings. The van der Waals surface area contributed by atoms with E-state index in [1.165, 1.54) is 0 Å². The highest BCUT2D eigenvalue weighted by Crippen LogP contribution is 2.00. The predicted octanol–water partition coefficient (Wildman–Crippen LogP) is 1.89. The highest BCUT2D eigenvalue weighted by molar-refractivity contribution is 7.81. The average molecular weight is 155 g/mol. The van der Waals surface area contributed by atoms with Gasteiger partial charge in [-0.2, -0.15) is 12.6 Å². The van der Waals surface area contributed by atoms with Gasteiger partial charge in [-0.05, 0) is 13.0 Å². The second kappa shape index (κ2) is 5.18. The first-order chi connectivity index (χ1) is 4.68. The molecule has 0 aliphatic heterocycles. The number of allylic oxidation sites excluding steroid dienone is 4. The van der Waals surface area contributed by atoms with E-state index in [1.54, 1.807) is 6.08 Å². The largest absolute Gasteiger partial charge is 0.401 e. The Morgan fingerprint density at radius 3 is 2.60 bits per heavy atom. The Labute approximate surface area is 67.7 Å². The topological polar surface area (TPSA) is 26.0 Å². The van der Waals surface area contributed by atoms with Crippen molar-refractivity contribution < 1.29 is 0 Å². The molecule has 0 saturated heterocycles. The molecule has 0 aliphatic rings. The maximum Gasteiger partial charge on any atom is 0.0384 e. The second-order valence-corrected chi connectivity index (χ2v) is 2.74. The third kappa shape index (κ3) is 4.27. The molecule has 0 aliphatic carbocycles. The van der Waals surface area contributed by atoms with E-state index in [4.69, 9.17) is 5.73 Å². The summed E-state index contributed by atoms with van der Waals surface area (Å²) in [4.78, 5) is 0. The third-order valence-corrected chi connectivity index (χ3v) is 1.32. The summed E-state index contributed by atoms with van der Waals surface area (Å²) in [5.41, 5.74) is 6.32. The molecule has 0 aromatic carbocycles. The summed E-state index contributed by atoms with van der Waals surface area (Å²) >= 11 is 4.14. The van der Waals surface area contributed by atoms with Crippen LogP contribution in [0.3, 0.4) is 0 Å². The van der Waals surface area contributed by atoms with Gasteiger partial charge >= 0.3 is 0 Å². The van der Waals surface area contributed by atoms with Gasteiger partial charge in [-0.25, -0.2) is 0 Å². The van der Waals surface area contributed by atoms with E-state index in [0.29, 0.717) is 0 Å². The van der Waals surface area contributed by atoms with Gasteiger partial charge in [0, 0.05) is 10.9 Å². The molecule has 0 saturated carbocycles. The van der Waals surface area contributed by atoms with E-state index in [2.05, 4.69) is 19.2 Å². The minimum Gasteiger partial charge on any atom is -0.401 e. The van der Waals surface area contributed by atoms with Crippen LogP contribution < -0.4 is 5.73 Å². The van der Waals surface area contributed by atoms with Gasteiger partial charge in [0.15, 0.2) is 0 Å². The molecule has 0 aromatic heterocycles. The molecule has 1 atom stereocenters. The molecule has 0 bridgehead atoms. The highest BCUT2D eigenvalue weighted by atomic mass is 32.1. The number of rotatable bonds is 3. The molecule has 0 amide bonds. The molecule has 10 heavy (non-hydrogen) atoms. The van der Waals surface area contributed by atoms with Crippen LogP contribution in [-0.4, -0.2) is 5.25 Å². The summed E-state index contributed by atoms with van der Waals surface area (Å²) in [5.74, 6) is 0. The smallest absolute Gasteiger partial charge is 0.0384 e. The Bertz CT molecular complexity index is 157. The van der Waals surface area contributed by atoms with Crippen LogP contribution in [0.15, 0.2) is 36.6 Å². The average Bonchev–Trinajstić information content (AvgIpc) is 1.88. The van der Waals surface area contributed by atoms with Crippen molar-refractivity contribution in [1.29, 1.82) is 0 Å². The molecule has 0 spiro atoms. The first kappa shape index (κ1) is 9.37. The van der Waals surface area contributed by atoms with Crippen molar-refractivity contribution >= 4 is 12.6 Å². The molecule has 0 aromatic rings. The van der Waals surface area contributed by atoms with Gasteiger partial charge in [-0.1, -0.05) is 24.8 Å². The first-order valence-electron chi connectivity index (χ1n) is 3.11. The van der Waals surface area contributed by atoms with Gasteiger partial charge in [0.2, 0.25) is 0 Å². The van der Waals surface area contributed by atoms with Crippen LogP contribution in [0, 0.1) is 0 Å². The summed E-state index contributed by atoms with van der Waals surface area (Å²) in [7, 11) is 0. The van der Waals surface area contributed by atoms with Crippen LogP contribution in [0.5, 0.6) is 0 Å². The van der Waals surface area contributed by atoms with Gasteiger partial charge in [0.25, 0.3) is 0 Å². The van der Waals surface area contributed by atoms with E-state index in [-0.39, 0.29) is 5.25 Å². The lowest BCUT2D eigenvalue weighted by molar-refractivity contribution is 1.10. The molecule has 56 valence electrons. The van der Waals surface area contributed by atoms with Crippen LogP contribution in [0.2, 0.25) is 0 Å². The van der Waals surface area contributed by atoms with E-state index in [9.17, 15) is 0 Å². The third-order valence-electron chi connectivity index (χ3n) is 1.02. The lowest BCUT2D eigenvalue weighted by atomic mass is 10.3. The van der Waals surface area contributed by atoms with E-state index in [0.717, 1.165) is 5.70 Å². The molecule has 0 heterocycles. The Morgan fingerprint density at radius 1 is 1.60 bits per heavy atom. The summed E-state index contributed by atoms with van der Waals surface area (Å²) in [6.45, 7) is 5.45. The Morgan fingerprint density at radius 2 is 2.20 bits per heavy atom. The zero-order valence-corrected chi connectivity index (χ0v) is 7.01. The summed E-state index contributed by atoms with van der Waals surface area (Å²) < 4.78 is 0. The molecule has 0 radical (unpaired) electrons. The monoisotopic (exact) mass is 155 g/mol. The quantitative estimate of drug-likeness (QED) is 0.472. The van der Waals surface area contributed by atoms with Gasteiger partial charge in [0.05, 0.1) is 0 Å². The van der Waals surface area contributed by atoms with E-state index >= 15 is 0 Å². The van der Waals surface area contributed by atoms with Crippen molar-refractivity contribution in [2.24, 2.45) is 5.73 Å². The number of nitrogens with two attached hydrogens (primary N) is 1. The van der Waals surface area contributed by atoms with E-state index < -0.39 is 0 Å². The Kier molecular flexibility index (Phi) is 4.85. The van der Waals surface area contributed by atoms with Gasteiger partial charge in [-0.15, -0.1) is 0 Å². The maximum absolute atomic E-state index is 5.56. The number of thiol groups is 1. The zero-order valence-electron chi connectivity index (χ0n) is 6.12. The molecule has 2 heteroatoms. The van der Waals surface area contributed by atoms with Crippen LogP contribution in [0.4, 0.5) is 0 Å². The summed E-state index contributed by atoms with van der Waals surface area (Å²) in [6.07, 6.45) is 7.18. The van der Waals surface area contributed by atoms with Gasteiger partial charge in [-0.3, -0.25) is 0 Å². The predicted molar refractivity (Wildman–Crippen MR) is 50.1 cm³/mol. The fourth-order valence-corrected chi connectivity index (χ4v) is 0.471. The van der Waals surface area contributed by atoms with Crippen molar-refractivity contribution in [3.63, 3.8) is 0 Å². The lowest BCUT2D eigenvalue weighted by Crippen LogP contribution is -2.06. The molecule has 1 nitrogen and oxygen atoms in total. The minimum absolute atomic E-state index is 0.120. The Hall–Kier alpha value is -0.630. The fraction of sp³-hybridized carbons (Fsp3) is 0.250. The van der Waals surface area contributed by atoms with Crippen LogP contribution in [0.25, 0.3) is 0 Å².